The fourth-order valence-corrected chi connectivity index (χ4v) is 2.18. The van der Waals surface area contributed by atoms with Crippen LogP contribution in [-0.2, 0) is 16.1 Å². The van der Waals surface area contributed by atoms with Crippen LogP contribution in [0.5, 0.6) is 0 Å². The van der Waals surface area contributed by atoms with Gasteiger partial charge in [0.1, 0.15) is 22.8 Å². The largest absolute Gasteiger partial charge is 0.490 e. The smallest absolute Gasteiger partial charge is 0.481 e. The number of carbonyl (C=O) groups is 2. The van der Waals surface area contributed by atoms with Crippen LogP contribution in [0.4, 0.5) is 13.2 Å². The maximum Gasteiger partial charge on any atom is 0.490 e. The van der Waals surface area contributed by atoms with E-state index in [0.717, 1.165) is 10.6 Å². The van der Waals surface area contributed by atoms with Gasteiger partial charge in [-0.2, -0.15) is 13.2 Å². The van der Waals surface area contributed by atoms with Crippen molar-refractivity contribution in [1.29, 1.82) is 0 Å². The van der Waals surface area contributed by atoms with Crippen molar-refractivity contribution < 1.29 is 37.7 Å². The van der Waals surface area contributed by atoms with Crippen LogP contribution < -0.4 is 4.68 Å². The highest BCUT2D eigenvalue weighted by Crippen LogP contribution is 2.24. The van der Waals surface area contributed by atoms with Crippen LogP contribution in [0.3, 0.4) is 0 Å². The molecule has 24 heavy (non-hydrogen) atoms. The van der Waals surface area contributed by atoms with Gasteiger partial charge in [-0.05, 0) is 5.10 Å². The lowest BCUT2D eigenvalue weighted by atomic mass is 10.3. The quantitative estimate of drug-likeness (QED) is 0.783. The summed E-state index contributed by atoms with van der Waals surface area (Å²) in [6.45, 7) is 0.355. The molecule has 0 aliphatic heterocycles. The topological polar surface area (TPSA) is 104 Å². The van der Waals surface area contributed by atoms with Crippen LogP contribution >= 0.6 is 22.9 Å². The van der Waals surface area contributed by atoms with Gasteiger partial charge in [-0.3, -0.25) is 4.79 Å². The summed E-state index contributed by atoms with van der Waals surface area (Å²) in [5.41, 5.74) is 0.869. The minimum atomic E-state index is -5.08. The summed E-state index contributed by atoms with van der Waals surface area (Å²) in [5, 5.41) is 22.8. The Hall–Kier alpha value is -2.27. The van der Waals surface area contributed by atoms with Gasteiger partial charge in [0.2, 0.25) is 0 Å². The van der Waals surface area contributed by atoms with Crippen LogP contribution in [0.15, 0.2) is 23.8 Å². The summed E-state index contributed by atoms with van der Waals surface area (Å²) in [6, 6.07) is 1.84. The minimum absolute atomic E-state index is 0.0556. The van der Waals surface area contributed by atoms with Gasteiger partial charge in [0.25, 0.3) is 0 Å². The molecular formula is C12H10ClF3N3O4S+. The molecule has 0 bridgehead atoms. The number of aliphatic carboxylic acids is 2. The number of rotatable bonds is 4. The van der Waals surface area contributed by atoms with Gasteiger partial charge in [-0.25, -0.2) is 9.78 Å². The summed E-state index contributed by atoms with van der Waals surface area (Å²) in [5.74, 6) is -3.59. The lowest BCUT2D eigenvalue weighted by Gasteiger charge is -1.94. The van der Waals surface area contributed by atoms with E-state index in [0.29, 0.717) is 11.7 Å². The average molecular weight is 385 g/mol. The number of carboxylic acid groups (broad SMARTS) is 2. The van der Waals surface area contributed by atoms with E-state index >= 15 is 0 Å². The highest BCUT2D eigenvalue weighted by Gasteiger charge is 2.38. The molecule has 2 N–H and O–H groups in total. The van der Waals surface area contributed by atoms with E-state index in [2.05, 4.69) is 10.1 Å². The Morgan fingerprint density at radius 2 is 1.96 bits per heavy atom. The van der Waals surface area contributed by atoms with Gasteiger partial charge >= 0.3 is 18.1 Å². The van der Waals surface area contributed by atoms with Crippen molar-refractivity contribution in [3.8, 4) is 10.6 Å². The molecule has 0 saturated carbocycles. The summed E-state index contributed by atoms with van der Waals surface area (Å²) in [7, 11) is 0. The van der Waals surface area contributed by atoms with E-state index in [1.807, 2.05) is 6.07 Å². The molecule has 0 aromatic carbocycles. The second-order valence-corrected chi connectivity index (χ2v) is 5.35. The molecule has 0 aliphatic rings. The number of nitrogens with zero attached hydrogens (tertiary/aromatic N) is 3. The molecule has 0 spiro atoms. The summed E-state index contributed by atoms with van der Waals surface area (Å²) in [4.78, 5) is 23.4. The van der Waals surface area contributed by atoms with Crippen LogP contribution in [0.1, 0.15) is 6.42 Å². The fourth-order valence-electron chi connectivity index (χ4n) is 1.24. The van der Waals surface area contributed by atoms with E-state index in [-0.39, 0.29) is 6.42 Å². The van der Waals surface area contributed by atoms with Gasteiger partial charge in [0.15, 0.2) is 12.7 Å². The van der Waals surface area contributed by atoms with Crippen LogP contribution in [0.2, 0.25) is 5.15 Å². The number of halogens is 4. The molecule has 7 nitrogen and oxygen atoms in total. The number of hydrogen-bond donors (Lipinski definition) is 2. The molecule has 0 unspecified atom stereocenters. The number of aryl methyl sites for hydroxylation is 1. The van der Waals surface area contributed by atoms with Crippen molar-refractivity contribution in [3.63, 3.8) is 0 Å². The molecule has 0 saturated heterocycles. The first-order chi connectivity index (χ1) is 11.1. The first-order valence-corrected chi connectivity index (χ1v) is 7.34. The zero-order valence-electron chi connectivity index (χ0n) is 11.7. The molecule has 2 aromatic heterocycles. The molecule has 0 amide bonds. The number of carboxylic acids is 2. The third kappa shape index (κ3) is 6.87. The molecule has 130 valence electrons. The number of thiazole rings is 1. The Labute approximate surface area is 142 Å². The molecule has 0 atom stereocenters. The predicted octanol–water partition coefficient (Wildman–Crippen LogP) is 2.25. The maximum absolute atomic E-state index is 10.6. The highest BCUT2D eigenvalue weighted by atomic mass is 35.5. The van der Waals surface area contributed by atoms with E-state index in [1.165, 1.54) is 11.3 Å². The molecule has 12 heteroatoms. The summed E-state index contributed by atoms with van der Waals surface area (Å²) in [6.07, 6.45) is -1.65. The molecule has 0 radical (unpaired) electrons. The van der Waals surface area contributed by atoms with Gasteiger partial charge in [-0.1, -0.05) is 16.3 Å². The third-order valence-corrected chi connectivity index (χ3v) is 3.51. The zero-order valence-corrected chi connectivity index (χ0v) is 13.3. The molecule has 2 heterocycles. The lowest BCUT2D eigenvalue weighted by molar-refractivity contribution is -0.752. The average Bonchev–Trinajstić information content (AvgIpc) is 2.92. The zero-order chi connectivity index (χ0) is 18.3. The SMILES string of the molecule is O=C(O)C(F)(F)F.O=C(O)CC[n+]1ccc(-c2nc(Cl)cs2)cn1. The van der Waals surface area contributed by atoms with E-state index < -0.39 is 18.1 Å². The fraction of sp³-hybridized carbons (Fsp3) is 0.250. The van der Waals surface area contributed by atoms with Crippen LogP contribution in [-0.4, -0.2) is 38.4 Å². The highest BCUT2D eigenvalue weighted by molar-refractivity contribution is 7.13. The van der Waals surface area contributed by atoms with Crippen molar-refractivity contribution >= 4 is 34.9 Å². The van der Waals surface area contributed by atoms with Crippen LogP contribution in [0, 0.1) is 0 Å². The van der Waals surface area contributed by atoms with Crippen molar-refractivity contribution in [1.82, 2.24) is 10.1 Å². The Kier molecular flexibility index (Phi) is 7.04. The second kappa shape index (κ2) is 8.55. The Balaban J connectivity index is 0.000000351. The van der Waals surface area contributed by atoms with Gasteiger partial charge in [0, 0.05) is 17.0 Å². The van der Waals surface area contributed by atoms with Gasteiger partial charge in [0.05, 0.1) is 0 Å². The van der Waals surface area contributed by atoms with Crippen molar-refractivity contribution in [3.05, 3.63) is 29.0 Å². The normalized spacial score (nSPS) is 10.7. The van der Waals surface area contributed by atoms with E-state index in [1.54, 1.807) is 22.5 Å². The molecule has 2 aromatic rings. The maximum atomic E-state index is 10.6. The minimum Gasteiger partial charge on any atom is -0.481 e. The molecular weight excluding hydrogens is 375 g/mol. The first-order valence-electron chi connectivity index (χ1n) is 6.08. The van der Waals surface area contributed by atoms with Gasteiger partial charge in [-0.15, -0.1) is 11.3 Å². The van der Waals surface area contributed by atoms with Crippen molar-refractivity contribution in [2.45, 2.75) is 19.1 Å². The number of aromatic nitrogens is 3. The second-order valence-electron chi connectivity index (χ2n) is 4.10. The van der Waals surface area contributed by atoms with Crippen molar-refractivity contribution in [2.75, 3.05) is 0 Å². The number of hydrogen-bond acceptors (Lipinski definition) is 5. The van der Waals surface area contributed by atoms with E-state index in [4.69, 9.17) is 26.6 Å². The summed E-state index contributed by atoms with van der Waals surface area (Å²) < 4.78 is 33.3. The lowest BCUT2D eigenvalue weighted by Crippen LogP contribution is -2.38. The van der Waals surface area contributed by atoms with Gasteiger partial charge < -0.3 is 10.2 Å². The molecule has 0 fully saturated rings. The monoisotopic (exact) mass is 384 g/mol. The molecule has 2 rings (SSSR count). The van der Waals surface area contributed by atoms with E-state index in [9.17, 15) is 18.0 Å². The predicted molar refractivity (Wildman–Crippen MR) is 76.5 cm³/mol. The Bertz CT molecular complexity index is 706. The molecule has 0 aliphatic carbocycles. The Morgan fingerprint density at radius 3 is 2.33 bits per heavy atom. The standard InChI is InChI=1S/C10H8ClN3O2S.C2HF3O2/c11-8-6-17-10(13-8)7-1-3-14(12-5-7)4-2-9(15)16;3-2(4,5)1(6)7/h1,3,5-6H,2,4H2;(H,6,7)/p+1. The first kappa shape index (κ1) is 19.8. The Morgan fingerprint density at radius 1 is 1.33 bits per heavy atom. The summed E-state index contributed by atoms with van der Waals surface area (Å²) >= 11 is 7.17. The third-order valence-electron chi connectivity index (χ3n) is 2.29. The number of alkyl halides is 3. The van der Waals surface area contributed by atoms with Crippen molar-refractivity contribution in [2.24, 2.45) is 0 Å². The van der Waals surface area contributed by atoms with Crippen LogP contribution in [0.25, 0.3) is 10.6 Å².